The van der Waals surface area contributed by atoms with Crippen molar-refractivity contribution in [3.8, 4) is 0 Å². The van der Waals surface area contributed by atoms with Crippen molar-refractivity contribution < 1.29 is 9.59 Å². The minimum atomic E-state index is -0.554. The Labute approximate surface area is 171 Å². The van der Waals surface area contributed by atoms with Crippen LogP contribution in [0.5, 0.6) is 0 Å². The van der Waals surface area contributed by atoms with Crippen molar-refractivity contribution in [3.63, 3.8) is 0 Å². The van der Waals surface area contributed by atoms with Crippen LogP contribution in [0.3, 0.4) is 0 Å². The summed E-state index contributed by atoms with van der Waals surface area (Å²) in [5.74, 6) is -0.608. The van der Waals surface area contributed by atoms with Gasteiger partial charge in [0, 0.05) is 26.2 Å². The van der Waals surface area contributed by atoms with E-state index >= 15 is 0 Å². The molecule has 0 aliphatic carbocycles. The first-order valence-corrected chi connectivity index (χ1v) is 10.9. The van der Waals surface area contributed by atoms with Gasteiger partial charge in [0.25, 0.3) is 0 Å². The van der Waals surface area contributed by atoms with Gasteiger partial charge < -0.3 is 10.6 Å². The number of carbonyl (C=O) groups is 2. The topological polar surface area (TPSA) is 61.4 Å². The first-order chi connectivity index (χ1) is 13.5. The number of fused-ring (bicyclic) bond motifs is 1. The van der Waals surface area contributed by atoms with Crippen LogP contribution in [0.4, 0.5) is 0 Å². The van der Waals surface area contributed by atoms with Crippen LogP contribution >= 0.6 is 11.3 Å². The second-order valence-electron chi connectivity index (χ2n) is 7.71. The molecule has 0 radical (unpaired) electrons. The largest absolute Gasteiger partial charge is 0.348 e. The number of amides is 2. The number of benzene rings is 1. The average Bonchev–Trinajstić information content (AvgIpc) is 3.22. The van der Waals surface area contributed by atoms with Crippen LogP contribution in [-0.4, -0.2) is 36.3 Å². The molecule has 2 amide bonds. The first kappa shape index (κ1) is 20.6. The normalized spacial score (nSPS) is 15.1. The molecule has 0 bridgehead atoms. The molecule has 28 heavy (non-hydrogen) atoms. The zero-order valence-corrected chi connectivity index (χ0v) is 17.4. The number of nitrogens with one attached hydrogen (secondary N) is 2. The van der Waals surface area contributed by atoms with E-state index < -0.39 is 11.8 Å². The van der Waals surface area contributed by atoms with Gasteiger partial charge in [0.2, 0.25) is 0 Å². The predicted octanol–water partition coefficient (Wildman–Crippen LogP) is 3.13. The zero-order valence-electron chi connectivity index (χ0n) is 16.6. The van der Waals surface area contributed by atoms with Gasteiger partial charge in [-0.3, -0.25) is 14.5 Å². The van der Waals surface area contributed by atoms with Crippen molar-refractivity contribution in [2.75, 3.05) is 19.6 Å². The molecule has 1 unspecified atom stereocenters. The van der Waals surface area contributed by atoms with Gasteiger partial charge in [-0.2, -0.15) is 11.3 Å². The van der Waals surface area contributed by atoms with E-state index in [-0.39, 0.29) is 6.04 Å². The first-order valence-electron chi connectivity index (χ1n) is 9.93. The summed E-state index contributed by atoms with van der Waals surface area (Å²) in [5.41, 5.74) is 3.92. The van der Waals surface area contributed by atoms with E-state index in [9.17, 15) is 9.59 Å². The van der Waals surface area contributed by atoms with Gasteiger partial charge in [-0.1, -0.05) is 38.1 Å². The summed E-state index contributed by atoms with van der Waals surface area (Å²) in [5, 5.41) is 9.73. The van der Waals surface area contributed by atoms with Gasteiger partial charge >= 0.3 is 11.8 Å². The molecule has 1 aliphatic rings. The Kier molecular flexibility index (Phi) is 7.23. The maximum atomic E-state index is 12.2. The van der Waals surface area contributed by atoms with E-state index in [4.69, 9.17) is 0 Å². The molecule has 2 N–H and O–H groups in total. The molecule has 6 heteroatoms. The lowest BCUT2D eigenvalue weighted by molar-refractivity contribution is -0.139. The lowest BCUT2D eigenvalue weighted by atomic mass is 9.97. The Morgan fingerprint density at radius 1 is 1.11 bits per heavy atom. The summed E-state index contributed by atoms with van der Waals surface area (Å²) < 4.78 is 0. The van der Waals surface area contributed by atoms with Gasteiger partial charge in [0.05, 0.1) is 6.04 Å². The van der Waals surface area contributed by atoms with E-state index in [2.05, 4.69) is 70.5 Å². The zero-order chi connectivity index (χ0) is 19.9. The number of hydrogen-bond acceptors (Lipinski definition) is 4. The number of carbonyl (C=O) groups excluding carboxylic acids is 2. The van der Waals surface area contributed by atoms with Gasteiger partial charge in [0.15, 0.2) is 0 Å². The Hall–Kier alpha value is -2.18. The Morgan fingerprint density at radius 2 is 1.86 bits per heavy atom. The van der Waals surface area contributed by atoms with E-state index in [1.807, 2.05) is 0 Å². The molecule has 0 saturated carbocycles. The number of rotatable bonds is 7. The molecule has 0 saturated heterocycles. The molecular formula is C22H29N3O2S. The summed E-state index contributed by atoms with van der Waals surface area (Å²) in [7, 11) is 0. The van der Waals surface area contributed by atoms with Crippen LogP contribution in [0.2, 0.25) is 0 Å². The second kappa shape index (κ2) is 9.85. The van der Waals surface area contributed by atoms with Crippen LogP contribution in [0.25, 0.3) is 0 Å². The quantitative estimate of drug-likeness (QED) is 0.703. The summed E-state index contributed by atoms with van der Waals surface area (Å²) in [6.07, 6.45) is 1.87. The van der Waals surface area contributed by atoms with Crippen molar-refractivity contribution in [1.29, 1.82) is 0 Å². The van der Waals surface area contributed by atoms with E-state index in [0.29, 0.717) is 19.0 Å². The summed E-state index contributed by atoms with van der Waals surface area (Å²) in [6.45, 7) is 6.93. The molecule has 1 aliphatic heterocycles. The van der Waals surface area contributed by atoms with Crippen LogP contribution in [0.1, 0.15) is 43.0 Å². The second-order valence-corrected chi connectivity index (χ2v) is 8.49. The average molecular weight is 400 g/mol. The van der Waals surface area contributed by atoms with Crippen LogP contribution in [-0.2, 0) is 22.6 Å². The van der Waals surface area contributed by atoms with E-state index in [1.54, 1.807) is 11.3 Å². The third kappa shape index (κ3) is 5.42. The van der Waals surface area contributed by atoms with Crippen LogP contribution in [0, 0.1) is 5.92 Å². The fourth-order valence-corrected chi connectivity index (χ4v) is 4.24. The maximum absolute atomic E-state index is 12.2. The number of nitrogens with zero attached hydrogens (tertiary/aromatic N) is 1. The highest BCUT2D eigenvalue weighted by Crippen LogP contribution is 2.28. The molecule has 5 nitrogen and oxygen atoms in total. The van der Waals surface area contributed by atoms with E-state index in [0.717, 1.165) is 25.9 Å². The van der Waals surface area contributed by atoms with Crippen molar-refractivity contribution in [1.82, 2.24) is 15.5 Å². The molecule has 2 heterocycles. The molecule has 1 aromatic carbocycles. The molecule has 1 aromatic heterocycles. The van der Waals surface area contributed by atoms with Gasteiger partial charge in [-0.15, -0.1) is 0 Å². The smallest absolute Gasteiger partial charge is 0.309 e. The Morgan fingerprint density at radius 3 is 2.57 bits per heavy atom. The Balaban J connectivity index is 1.61. The summed E-state index contributed by atoms with van der Waals surface area (Å²) >= 11 is 1.65. The van der Waals surface area contributed by atoms with Crippen molar-refractivity contribution in [2.45, 2.75) is 39.3 Å². The third-order valence-corrected chi connectivity index (χ3v) is 5.90. The van der Waals surface area contributed by atoms with Crippen LogP contribution < -0.4 is 10.6 Å². The molecular weight excluding hydrogens is 370 g/mol. The molecule has 2 aromatic rings. The number of thiophene rings is 1. The van der Waals surface area contributed by atoms with Gasteiger partial charge in [-0.25, -0.2) is 0 Å². The highest BCUT2D eigenvalue weighted by molar-refractivity contribution is 7.08. The lowest BCUT2D eigenvalue weighted by Gasteiger charge is -2.35. The lowest BCUT2D eigenvalue weighted by Crippen LogP contribution is -2.45. The fourth-order valence-electron chi connectivity index (χ4n) is 3.53. The minimum Gasteiger partial charge on any atom is -0.348 e. The molecule has 3 rings (SSSR count). The monoisotopic (exact) mass is 399 g/mol. The highest BCUT2D eigenvalue weighted by Gasteiger charge is 2.26. The fraction of sp³-hybridized carbons (Fsp3) is 0.455. The molecule has 0 fully saturated rings. The highest BCUT2D eigenvalue weighted by atomic mass is 32.1. The Bertz CT molecular complexity index is 789. The van der Waals surface area contributed by atoms with E-state index in [1.165, 1.54) is 16.7 Å². The minimum absolute atomic E-state index is 0.0621. The molecule has 1 atom stereocenters. The van der Waals surface area contributed by atoms with Crippen LogP contribution in [0.15, 0.2) is 41.1 Å². The molecule has 0 spiro atoms. The number of hydrogen-bond donors (Lipinski definition) is 2. The van der Waals surface area contributed by atoms with Gasteiger partial charge in [0.1, 0.15) is 0 Å². The summed E-state index contributed by atoms with van der Waals surface area (Å²) in [4.78, 5) is 26.7. The maximum Gasteiger partial charge on any atom is 0.309 e. The SMILES string of the molecule is CC(C)CCNC(=O)C(=O)NCC(c1ccsc1)N1CCc2ccccc2C1. The predicted molar refractivity (Wildman–Crippen MR) is 113 cm³/mol. The molecule has 150 valence electrons. The van der Waals surface area contributed by atoms with Crippen molar-refractivity contribution in [2.24, 2.45) is 5.92 Å². The third-order valence-electron chi connectivity index (χ3n) is 5.20. The standard InChI is InChI=1S/C22H29N3O2S/c1-16(2)7-10-23-21(26)22(27)24-13-20(19-9-12-28-15-19)25-11-8-17-5-3-4-6-18(17)14-25/h3-6,9,12,15-16,20H,7-8,10-11,13-14H2,1-2H3,(H,23,26)(H,24,27). The van der Waals surface area contributed by atoms with Crippen molar-refractivity contribution in [3.05, 3.63) is 57.8 Å². The summed E-state index contributed by atoms with van der Waals surface area (Å²) in [6, 6.07) is 10.7. The van der Waals surface area contributed by atoms with Gasteiger partial charge in [-0.05, 0) is 52.3 Å². The van der Waals surface area contributed by atoms with Crippen molar-refractivity contribution >= 4 is 23.2 Å².